The Morgan fingerprint density at radius 2 is 1.85 bits per heavy atom. The van der Waals surface area contributed by atoms with Crippen molar-refractivity contribution in [2.24, 2.45) is 0 Å². The summed E-state index contributed by atoms with van der Waals surface area (Å²) in [5.74, 6) is 1.39. The van der Waals surface area contributed by atoms with E-state index in [4.69, 9.17) is 14.7 Å². The van der Waals surface area contributed by atoms with Gasteiger partial charge in [-0.15, -0.1) is 11.3 Å². The fourth-order valence-corrected chi connectivity index (χ4v) is 5.47. The van der Waals surface area contributed by atoms with Gasteiger partial charge < -0.3 is 14.7 Å². The van der Waals surface area contributed by atoms with Crippen LogP contribution in [-0.2, 0) is 11.2 Å². The van der Waals surface area contributed by atoms with Gasteiger partial charge in [0.2, 0.25) is 5.95 Å². The van der Waals surface area contributed by atoms with Gasteiger partial charge in [-0.2, -0.15) is 4.98 Å². The van der Waals surface area contributed by atoms with Crippen LogP contribution in [0.1, 0.15) is 15.2 Å². The van der Waals surface area contributed by atoms with Gasteiger partial charge in [-0.1, -0.05) is 30.3 Å². The van der Waals surface area contributed by atoms with Crippen molar-refractivity contribution in [3.05, 3.63) is 65.0 Å². The number of hydrogen-bond donors (Lipinski definition) is 1. The summed E-state index contributed by atoms with van der Waals surface area (Å²) in [6.45, 7) is 3.18. The lowest BCUT2D eigenvalue weighted by Gasteiger charge is -2.28. The second kappa shape index (κ2) is 8.13. The second-order valence-corrected chi connectivity index (χ2v) is 9.26. The lowest BCUT2D eigenvalue weighted by Crippen LogP contribution is -2.38. The average Bonchev–Trinajstić information content (AvgIpc) is 3.48. The Hall–Kier alpha value is -3.49. The van der Waals surface area contributed by atoms with Crippen LogP contribution in [0, 0.1) is 0 Å². The molecule has 0 unspecified atom stereocenters. The number of ether oxygens (including phenoxy) is 1. The number of amides is 1. The summed E-state index contributed by atoms with van der Waals surface area (Å²) in [5.41, 5.74) is 2.52. The Morgan fingerprint density at radius 3 is 2.67 bits per heavy atom. The molecule has 1 fully saturated rings. The highest BCUT2D eigenvalue weighted by Gasteiger charge is 2.32. The summed E-state index contributed by atoms with van der Waals surface area (Å²) in [5, 5.41) is 11.1. The van der Waals surface area contributed by atoms with E-state index in [0.717, 1.165) is 26.9 Å². The van der Waals surface area contributed by atoms with Gasteiger partial charge in [0.1, 0.15) is 11.6 Å². The van der Waals surface area contributed by atoms with E-state index >= 15 is 0 Å². The van der Waals surface area contributed by atoms with Gasteiger partial charge >= 0.3 is 0 Å². The first-order valence-corrected chi connectivity index (χ1v) is 11.8. The number of fused-ring (bicyclic) bond motifs is 2. The third-order valence-electron chi connectivity index (χ3n) is 6.11. The molecule has 4 heterocycles. The number of phenolic OH excluding ortho intramolecular Hbond substituents is 1. The Balaban J connectivity index is 1.45. The standard InChI is InChI=1S/C25H22N4O3S/c30-18-6-3-5-17(14-18)22-19-8-9-29(23(19)27-25(26-22)28-10-12-32-13-11-28)24(31)21-15-16-4-1-2-7-20(16)33-21/h1-7,14-15,30H,8-13H2. The van der Waals surface area contributed by atoms with Crippen LogP contribution in [0.3, 0.4) is 0 Å². The molecule has 0 spiro atoms. The van der Waals surface area contributed by atoms with Crippen molar-refractivity contribution >= 4 is 39.1 Å². The Labute approximate surface area is 194 Å². The molecule has 0 radical (unpaired) electrons. The number of carbonyl (C=O) groups excluding carboxylic acids is 1. The third kappa shape index (κ3) is 3.61. The molecule has 7 nitrogen and oxygen atoms in total. The SMILES string of the molecule is O=C(c1cc2ccccc2s1)N1CCc2c(-c3cccc(O)c3)nc(N3CCOCC3)nc21. The predicted molar refractivity (Wildman–Crippen MR) is 129 cm³/mol. The van der Waals surface area contributed by atoms with E-state index in [9.17, 15) is 9.90 Å². The van der Waals surface area contributed by atoms with Crippen molar-refractivity contribution in [3.8, 4) is 17.0 Å². The summed E-state index contributed by atoms with van der Waals surface area (Å²) in [6, 6.07) is 17.1. The fourth-order valence-electron chi connectivity index (χ4n) is 4.46. The number of nitrogens with zero attached hydrogens (tertiary/aromatic N) is 4. The number of morpholine rings is 1. The van der Waals surface area contributed by atoms with Crippen molar-refractivity contribution in [1.82, 2.24) is 9.97 Å². The number of carbonyl (C=O) groups is 1. The number of aromatic hydroxyl groups is 1. The number of benzene rings is 2. The van der Waals surface area contributed by atoms with Crippen molar-refractivity contribution < 1.29 is 14.6 Å². The zero-order chi connectivity index (χ0) is 22.4. The first kappa shape index (κ1) is 20.1. The Morgan fingerprint density at radius 1 is 1.00 bits per heavy atom. The van der Waals surface area contributed by atoms with E-state index in [-0.39, 0.29) is 11.7 Å². The van der Waals surface area contributed by atoms with Crippen LogP contribution in [0.25, 0.3) is 21.3 Å². The molecule has 4 aromatic rings. The lowest BCUT2D eigenvalue weighted by molar-refractivity contribution is 0.0992. The highest BCUT2D eigenvalue weighted by atomic mass is 32.1. The van der Waals surface area contributed by atoms with Gasteiger partial charge in [0.15, 0.2) is 0 Å². The normalized spacial score (nSPS) is 15.8. The van der Waals surface area contributed by atoms with Crippen molar-refractivity contribution in [2.75, 3.05) is 42.6 Å². The lowest BCUT2D eigenvalue weighted by atomic mass is 10.1. The second-order valence-electron chi connectivity index (χ2n) is 8.18. The molecule has 2 aromatic heterocycles. The van der Waals surface area contributed by atoms with Crippen LogP contribution in [0.15, 0.2) is 54.6 Å². The minimum atomic E-state index is -0.0385. The topological polar surface area (TPSA) is 78.8 Å². The number of hydrogen-bond acceptors (Lipinski definition) is 7. The van der Waals surface area contributed by atoms with E-state index in [1.807, 2.05) is 42.5 Å². The van der Waals surface area contributed by atoms with E-state index in [1.54, 1.807) is 17.0 Å². The van der Waals surface area contributed by atoms with Gasteiger partial charge in [-0.05, 0) is 36.1 Å². The molecule has 0 bridgehead atoms. The molecule has 33 heavy (non-hydrogen) atoms. The van der Waals surface area contributed by atoms with E-state index in [1.165, 1.54) is 11.3 Å². The minimum Gasteiger partial charge on any atom is -0.508 e. The number of anilines is 2. The van der Waals surface area contributed by atoms with E-state index < -0.39 is 0 Å². The maximum Gasteiger partial charge on any atom is 0.269 e. The zero-order valence-corrected chi connectivity index (χ0v) is 18.7. The van der Waals surface area contributed by atoms with Gasteiger partial charge in [-0.3, -0.25) is 9.69 Å². The first-order chi connectivity index (χ1) is 16.2. The Kier molecular flexibility index (Phi) is 4.96. The minimum absolute atomic E-state index is 0.0385. The molecule has 1 amide bonds. The van der Waals surface area contributed by atoms with Gasteiger partial charge in [0, 0.05) is 35.5 Å². The molecule has 2 aliphatic heterocycles. The van der Waals surface area contributed by atoms with Gasteiger partial charge in [-0.25, -0.2) is 4.98 Å². The summed E-state index contributed by atoms with van der Waals surface area (Å²) in [7, 11) is 0. The Bertz CT molecular complexity index is 1330. The zero-order valence-electron chi connectivity index (χ0n) is 17.9. The molecule has 1 saturated heterocycles. The van der Waals surface area contributed by atoms with Crippen LogP contribution in [-0.4, -0.2) is 53.8 Å². The summed E-state index contributed by atoms with van der Waals surface area (Å²) in [6.07, 6.45) is 0.667. The summed E-state index contributed by atoms with van der Waals surface area (Å²) in [4.78, 5) is 27.9. The molecule has 6 rings (SSSR count). The maximum absolute atomic E-state index is 13.6. The van der Waals surface area contributed by atoms with Crippen LogP contribution in [0.4, 0.5) is 11.8 Å². The van der Waals surface area contributed by atoms with Crippen LogP contribution < -0.4 is 9.80 Å². The highest BCUT2D eigenvalue weighted by molar-refractivity contribution is 7.20. The summed E-state index contributed by atoms with van der Waals surface area (Å²) >= 11 is 1.51. The average molecular weight is 459 g/mol. The predicted octanol–water partition coefficient (Wildman–Crippen LogP) is 4.10. The van der Waals surface area contributed by atoms with Crippen LogP contribution in [0.5, 0.6) is 5.75 Å². The molecule has 166 valence electrons. The maximum atomic E-state index is 13.6. The molecule has 8 heteroatoms. The number of aromatic nitrogens is 2. The van der Waals surface area contributed by atoms with Gasteiger partial charge in [0.05, 0.1) is 23.8 Å². The molecule has 2 aliphatic rings. The van der Waals surface area contributed by atoms with Crippen molar-refractivity contribution in [3.63, 3.8) is 0 Å². The smallest absolute Gasteiger partial charge is 0.269 e. The molecule has 0 saturated carbocycles. The number of thiophene rings is 1. The third-order valence-corrected chi connectivity index (χ3v) is 7.21. The van der Waals surface area contributed by atoms with Crippen molar-refractivity contribution in [1.29, 1.82) is 0 Å². The van der Waals surface area contributed by atoms with E-state index in [2.05, 4.69) is 4.90 Å². The molecule has 0 aliphatic carbocycles. The largest absolute Gasteiger partial charge is 0.508 e. The van der Waals surface area contributed by atoms with Gasteiger partial charge in [0.25, 0.3) is 5.91 Å². The van der Waals surface area contributed by atoms with Crippen LogP contribution in [0.2, 0.25) is 0 Å². The molecular weight excluding hydrogens is 436 g/mol. The quantitative estimate of drug-likeness (QED) is 0.498. The molecular formula is C25H22N4O3S. The molecule has 2 aromatic carbocycles. The summed E-state index contributed by atoms with van der Waals surface area (Å²) < 4.78 is 6.59. The molecule has 0 atom stereocenters. The highest BCUT2D eigenvalue weighted by Crippen LogP contribution is 2.38. The van der Waals surface area contributed by atoms with E-state index in [0.29, 0.717) is 55.9 Å². The number of phenols is 1. The molecule has 1 N–H and O–H groups in total. The first-order valence-electron chi connectivity index (χ1n) is 11.0. The van der Waals surface area contributed by atoms with Crippen LogP contribution >= 0.6 is 11.3 Å². The van der Waals surface area contributed by atoms with Crippen molar-refractivity contribution in [2.45, 2.75) is 6.42 Å². The monoisotopic (exact) mass is 458 g/mol. The fraction of sp³-hybridized carbons (Fsp3) is 0.240. The number of rotatable bonds is 3.